The highest BCUT2D eigenvalue weighted by molar-refractivity contribution is 5.74. The summed E-state index contributed by atoms with van der Waals surface area (Å²) in [5.74, 6) is -1.09. The van der Waals surface area contributed by atoms with Gasteiger partial charge in [0.1, 0.15) is 18.8 Å². The normalized spacial score (nSPS) is 29.4. The zero-order chi connectivity index (χ0) is 17.4. The third-order valence-corrected chi connectivity index (χ3v) is 3.62. The smallest absolute Gasteiger partial charge is 0.367 e. The Morgan fingerprint density at radius 3 is 2.70 bits per heavy atom. The van der Waals surface area contributed by atoms with Crippen molar-refractivity contribution in [1.82, 2.24) is 0 Å². The Balaban J connectivity index is 2.88. The fraction of sp³-hybridized carbons (Fsp3) is 0.875. The molecule has 7 heteroatoms. The van der Waals surface area contributed by atoms with E-state index in [-0.39, 0.29) is 25.1 Å². The SMILES string of the molecule is CCCCO[C@H]1COC[C@H]([NH3+])C(=O)O[C@@H](C)[C@@H]1OC(=O)C(C)C. The van der Waals surface area contributed by atoms with Crippen LogP contribution in [0, 0.1) is 5.92 Å². The first-order chi connectivity index (χ1) is 10.9. The third kappa shape index (κ3) is 6.45. The van der Waals surface area contributed by atoms with Gasteiger partial charge >= 0.3 is 11.9 Å². The lowest BCUT2D eigenvalue weighted by Gasteiger charge is -2.30. The molecular weight excluding hydrogens is 302 g/mol. The van der Waals surface area contributed by atoms with Crippen molar-refractivity contribution in [3.63, 3.8) is 0 Å². The summed E-state index contributed by atoms with van der Waals surface area (Å²) in [6.07, 6.45) is 0.0966. The molecule has 1 aliphatic heterocycles. The van der Waals surface area contributed by atoms with Gasteiger partial charge in [0.15, 0.2) is 6.10 Å². The average Bonchev–Trinajstić information content (AvgIpc) is 2.53. The van der Waals surface area contributed by atoms with Gasteiger partial charge in [-0.05, 0) is 13.3 Å². The van der Waals surface area contributed by atoms with Crippen LogP contribution in [0.1, 0.15) is 40.5 Å². The Labute approximate surface area is 137 Å². The van der Waals surface area contributed by atoms with E-state index in [0.29, 0.717) is 6.61 Å². The number of ether oxygens (including phenoxy) is 4. The summed E-state index contributed by atoms with van der Waals surface area (Å²) in [6.45, 7) is 8.19. The van der Waals surface area contributed by atoms with Gasteiger partial charge in [0.25, 0.3) is 0 Å². The molecule has 0 aromatic heterocycles. The molecule has 0 spiro atoms. The number of rotatable bonds is 6. The van der Waals surface area contributed by atoms with Gasteiger partial charge in [-0.2, -0.15) is 0 Å². The topological polar surface area (TPSA) is 98.7 Å². The molecule has 134 valence electrons. The van der Waals surface area contributed by atoms with Crippen LogP contribution in [0.25, 0.3) is 0 Å². The van der Waals surface area contributed by atoms with Crippen LogP contribution in [0.3, 0.4) is 0 Å². The van der Waals surface area contributed by atoms with Crippen molar-refractivity contribution >= 4 is 11.9 Å². The molecule has 7 nitrogen and oxygen atoms in total. The van der Waals surface area contributed by atoms with Gasteiger partial charge in [0.2, 0.25) is 6.04 Å². The Kier molecular flexibility index (Phi) is 8.51. The zero-order valence-electron chi connectivity index (χ0n) is 14.6. The first kappa shape index (κ1) is 19.9. The molecule has 3 N–H and O–H groups in total. The molecule has 1 saturated heterocycles. The highest BCUT2D eigenvalue weighted by Crippen LogP contribution is 2.17. The van der Waals surface area contributed by atoms with Gasteiger partial charge in [0, 0.05) is 6.61 Å². The van der Waals surface area contributed by atoms with Gasteiger partial charge in [-0.15, -0.1) is 0 Å². The molecule has 0 radical (unpaired) electrons. The van der Waals surface area contributed by atoms with Crippen molar-refractivity contribution in [3.05, 3.63) is 0 Å². The molecule has 0 bridgehead atoms. The van der Waals surface area contributed by atoms with Crippen LogP contribution in [-0.2, 0) is 28.5 Å². The van der Waals surface area contributed by atoms with Crippen LogP contribution >= 0.6 is 0 Å². The molecule has 4 atom stereocenters. The summed E-state index contributed by atoms with van der Waals surface area (Å²) < 4.78 is 22.3. The first-order valence-corrected chi connectivity index (χ1v) is 8.30. The lowest BCUT2D eigenvalue weighted by molar-refractivity contribution is -0.415. The number of unbranched alkanes of at least 4 members (excludes halogenated alkanes) is 1. The summed E-state index contributed by atoms with van der Waals surface area (Å²) in [5.41, 5.74) is 3.72. The second-order valence-corrected chi connectivity index (χ2v) is 6.20. The first-order valence-electron chi connectivity index (χ1n) is 8.30. The molecule has 1 rings (SSSR count). The van der Waals surface area contributed by atoms with Crippen LogP contribution in [-0.4, -0.2) is 56.1 Å². The molecule has 0 saturated carbocycles. The Bertz CT molecular complexity index is 387. The number of quaternary nitrogens is 1. The van der Waals surface area contributed by atoms with Crippen LogP contribution in [0.5, 0.6) is 0 Å². The number of carbonyl (C=O) groups excluding carboxylic acids is 2. The van der Waals surface area contributed by atoms with Crippen LogP contribution in [0.15, 0.2) is 0 Å². The van der Waals surface area contributed by atoms with Crippen molar-refractivity contribution in [2.24, 2.45) is 5.92 Å². The molecule has 0 unspecified atom stereocenters. The predicted molar refractivity (Wildman–Crippen MR) is 82.4 cm³/mol. The van der Waals surface area contributed by atoms with Gasteiger partial charge in [-0.3, -0.25) is 4.79 Å². The van der Waals surface area contributed by atoms with Crippen molar-refractivity contribution in [2.75, 3.05) is 19.8 Å². The molecule has 1 heterocycles. The number of cyclic esters (lactones) is 1. The largest absolute Gasteiger partial charge is 0.455 e. The monoisotopic (exact) mass is 332 g/mol. The maximum absolute atomic E-state index is 12.0. The predicted octanol–water partition coefficient (Wildman–Crippen LogP) is 0.312. The maximum Gasteiger partial charge on any atom is 0.367 e. The highest BCUT2D eigenvalue weighted by atomic mass is 16.6. The summed E-state index contributed by atoms with van der Waals surface area (Å²) in [6, 6.07) is -0.603. The lowest BCUT2D eigenvalue weighted by Crippen LogP contribution is -2.67. The minimum atomic E-state index is -0.698. The Morgan fingerprint density at radius 1 is 1.39 bits per heavy atom. The number of esters is 2. The quantitative estimate of drug-likeness (QED) is 0.555. The van der Waals surface area contributed by atoms with Crippen LogP contribution < -0.4 is 5.73 Å². The molecule has 0 aliphatic carbocycles. The average molecular weight is 332 g/mol. The molecule has 1 aliphatic rings. The van der Waals surface area contributed by atoms with E-state index in [2.05, 4.69) is 12.7 Å². The van der Waals surface area contributed by atoms with Gasteiger partial charge in [-0.1, -0.05) is 27.2 Å². The number of hydrogen-bond donors (Lipinski definition) is 1. The van der Waals surface area contributed by atoms with Crippen molar-refractivity contribution in [3.8, 4) is 0 Å². The summed E-state index contributed by atoms with van der Waals surface area (Å²) >= 11 is 0. The second kappa shape index (κ2) is 9.85. The third-order valence-electron chi connectivity index (χ3n) is 3.62. The Morgan fingerprint density at radius 2 is 2.09 bits per heavy atom. The highest BCUT2D eigenvalue weighted by Gasteiger charge is 2.37. The second-order valence-electron chi connectivity index (χ2n) is 6.20. The van der Waals surface area contributed by atoms with Crippen LogP contribution in [0.4, 0.5) is 0 Å². The van der Waals surface area contributed by atoms with E-state index in [4.69, 9.17) is 18.9 Å². The maximum atomic E-state index is 12.0. The molecule has 0 aromatic rings. The molecule has 23 heavy (non-hydrogen) atoms. The summed E-state index contributed by atoms with van der Waals surface area (Å²) in [5, 5.41) is 0. The van der Waals surface area contributed by atoms with Crippen molar-refractivity contribution in [2.45, 2.75) is 64.9 Å². The number of hydrogen-bond acceptors (Lipinski definition) is 6. The zero-order valence-corrected chi connectivity index (χ0v) is 14.6. The number of carbonyl (C=O) groups is 2. The standard InChI is InChI=1S/C16H29NO6/c1-5-6-7-21-13-9-20-8-12(17)16(19)22-11(4)14(13)23-15(18)10(2)3/h10-14H,5-9,17H2,1-4H3/p+1/t11-,12-,13-,14-/m0/s1. The van der Waals surface area contributed by atoms with E-state index in [1.807, 2.05) is 0 Å². The van der Waals surface area contributed by atoms with Gasteiger partial charge in [-0.25, -0.2) is 4.79 Å². The fourth-order valence-electron chi connectivity index (χ4n) is 2.10. The minimum absolute atomic E-state index is 0.157. The van der Waals surface area contributed by atoms with Gasteiger partial charge in [0.05, 0.1) is 12.5 Å². The van der Waals surface area contributed by atoms with Crippen molar-refractivity contribution < 1.29 is 34.3 Å². The molecular formula is C16H30NO6+. The minimum Gasteiger partial charge on any atom is -0.455 e. The summed E-state index contributed by atoms with van der Waals surface area (Å²) in [7, 11) is 0. The molecule has 0 aromatic carbocycles. The van der Waals surface area contributed by atoms with E-state index >= 15 is 0 Å². The van der Waals surface area contributed by atoms with Crippen molar-refractivity contribution in [1.29, 1.82) is 0 Å². The van der Waals surface area contributed by atoms with Gasteiger partial charge < -0.3 is 24.7 Å². The molecule has 0 amide bonds. The van der Waals surface area contributed by atoms with E-state index < -0.39 is 30.3 Å². The van der Waals surface area contributed by atoms with E-state index in [9.17, 15) is 9.59 Å². The lowest BCUT2D eigenvalue weighted by atomic mass is 10.1. The summed E-state index contributed by atoms with van der Waals surface area (Å²) in [4.78, 5) is 23.9. The van der Waals surface area contributed by atoms with Crippen LogP contribution in [0.2, 0.25) is 0 Å². The fourth-order valence-corrected chi connectivity index (χ4v) is 2.10. The Hall–Kier alpha value is -1.18. The molecule has 1 fully saturated rings. The van der Waals surface area contributed by atoms with E-state index in [1.54, 1.807) is 20.8 Å². The van der Waals surface area contributed by atoms with E-state index in [1.165, 1.54) is 0 Å². The van der Waals surface area contributed by atoms with E-state index in [0.717, 1.165) is 12.8 Å².